The molecule has 0 atom stereocenters. The zero-order valence-electron chi connectivity index (χ0n) is 9.47. The molecule has 2 rings (SSSR count). The average Bonchev–Trinajstić information content (AvgIpc) is 2.52. The molecular formula is C13H15N3S. The Kier molecular flexibility index (Phi) is 3.88. The van der Waals surface area contributed by atoms with E-state index in [2.05, 4.69) is 11.1 Å². The minimum Gasteiger partial charge on any atom is -0.399 e. The summed E-state index contributed by atoms with van der Waals surface area (Å²) >= 11 is 1.68. The fourth-order valence-electron chi connectivity index (χ4n) is 1.50. The predicted molar refractivity (Wildman–Crippen MR) is 75.6 cm³/mol. The topological polar surface area (TPSA) is 64.4 Å². The van der Waals surface area contributed by atoms with Crippen molar-refractivity contribution in [2.75, 3.05) is 5.73 Å². The summed E-state index contributed by atoms with van der Waals surface area (Å²) in [5.74, 6) is 0.848. The number of hydrogen-bond acceptors (Lipinski definition) is 4. The molecule has 0 radical (unpaired) electrons. The van der Waals surface area contributed by atoms with E-state index < -0.39 is 0 Å². The Balaban J connectivity index is 2.03. The molecule has 1 aliphatic rings. The highest BCUT2D eigenvalue weighted by Gasteiger charge is 2.04. The Morgan fingerprint density at radius 2 is 2.18 bits per heavy atom. The summed E-state index contributed by atoms with van der Waals surface area (Å²) in [6.45, 7) is 0. The summed E-state index contributed by atoms with van der Waals surface area (Å²) in [6.07, 6.45) is 6.44. The van der Waals surface area contributed by atoms with Gasteiger partial charge in [0, 0.05) is 40.9 Å². The lowest BCUT2D eigenvalue weighted by molar-refractivity contribution is 1.34. The van der Waals surface area contributed by atoms with Crippen LogP contribution in [-0.2, 0) is 5.75 Å². The van der Waals surface area contributed by atoms with Crippen LogP contribution in [-0.4, -0.2) is 6.21 Å². The predicted octanol–water partition coefficient (Wildman–Crippen LogP) is 2.66. The van der Waals surface area contributed by atoms with E-state index in [9.17, 15) is 0 Å². The van der Waals surface area contributed by atoms with E-state index in [0.29, 0.717) is 0 Å². The van der Waals surface area contributed by atoms with Crippen molar-refractivity contribution in [3.63, 3.8) is 0 Å². The first-order valence-corrected chi connectivity index (χ1v) is 6.39. The molecule has 0 unspecified atom stereocenters. The zero-order valence-corrected chi connectivity index (χ0v) is 10.3. The van der Waals surface area contributed by atoms with Crippen molar-refractivity contribution in [3.05, 3.63) is 52.7 Å². The number of rotatable bonds is 3. The summed E-state index contributed by atoms with van der Waals surface area (Å²) < 4.78 is 0. The van der Waals surface area contributed by atoms with Gasteiger partial charge < -0.3 is 11.5 Å². The molecule has 0 saturated heterocycles. The van der Waals surface area contributed by atoms with Crippen LogP contribution in [0.1, 0.15) is 12.0 Å². The normalized spacial score (nSPS) is 15.1. The van der Waals surface area contributed by atoms with Crippen LogP contribution in [0.15, 0.2) is 52.1 Å². The van der Waals surface area contributed by atoms with Crippen molar-refractivity contribution in [3.8, 4) is 0 Å². The molecule has 1 aromatic rings. The standard InChI is InChI=1S/C13H15N3S/c14-11-4-1-3-10(7-11)9-17-13-8-16-6-2-5-12(13)15/h1,3-8H,2,9,14-15H2. The van der Waals surface area contributed by atoms with Gasteiger partial charge in [0.1, 0.15) is 0 Å². The molecular weight excluding hydrogens is 230 g/mol. The highest BCUT2D eigenvalue weighted by molar-refractivity contribution is 8.02. The van der Waals surface area contributed by atoms with Crippen LogP contribution in [0.4, 0.5) is 5.69 Å². The van der Waals surface area contributed by atoms with Crippen LogP contribution in [0.25, 0.3) is 0 Å². The Labute approximate surface area is 105 Å². The third-order valence-corrected chi connectivity index (χ3v) is 3.50. The Bertz CT molecular complexity index is 489. The highest BCUT2D eigenvalue weighted by atomic mass is 32.2. The first-order chi connectivity index (χ1) is 8.25. The monoisotopic (exact) mass is 245 g/mol. The molecule has 1 aromatic carbocycles. The Morgan fingerprint density at radius 3 is 3.00 bits per heavy atom. The number of nitrogen functional groups attached to an aromatic ring is 1. The second-order valence-electron chi connectivity index (χ2n) is 3.75. The minimum atomic E-state index is 0.791. The molecule has 17 heavy (non-hydrogen) atoms. The molecule has 0 bridgehead atoms. The maximum Gasteiger partial charge on any atom is 0.0485 e. The molecule has 3 nitrogen and oxygen atoms in total. The van der Waals surface area contributed by atoms with Crippen LogP contribution < -0.4 is 11.5 Å². The van der Waals surface area contributed by atoms with E-state index in [-0.39, 0.29) is 0 Å². The summed E-state index contributed by atoms with van der Waals surface area (Å²) in [6, 6.07) is 7.89. The van der Waals surface area contributed by atoms with Gasteiger partial charge in [-0.25, -0.2) is 0 Å². The number of benzene rings is 1. The maximum atomic E-state index is 5.94. The average molecular weight is 245 g/mol. The van der Waals surface area contributed by atoms with Gasteiger partial charge in [0.05, 0.1) is 0 Å². The molecule has 0 aromatic heterocycles. The van der Waals surface area contributed by atoms with Crippen LogP contribution >= 0.6 is 11.8 Å². The summed E-state index contributed by atoms with van der Waals surface area (Å²) in [4.78, 5) is 5.18. The van der Waals surface area contributed by atoms with Crippen LogP contribution in [0, 0.1) is 0 Å². The van der Waals surface area contributed by atoms with Gasteiger partial charge in [-0.3, -0.25) is 4.99 Å². The van der Waals surface area contributed by atoms with E-state index >= 15 is 0 Å². The van der Waals surface area contributed by atoms with E-state index in [1.807, 2.05) is 36.7 Å². The van der Waals surface area contributed by atoms with Crippen LogP contribution in [0.2, 0.25) is 0 Å². The van der Waals surface area contributed by atoms with E-state index in [1.165, 1.54) is 5.56 Å². The fraction of sp³-hybridized carbons (Fsp3) is 0.154. The third-order valence-electron chi connectivity index (χ3n) is 2.37. The molecule has 0 spiro atoms. The van der Waals surface area contributed by atoms with Crippen molar-refractivity contribution in [1.29, 1.82) is 0 Å². The molecule has 0 saturated carbocycles. The number of nitrogens with zero attached hydrogens (tertiary/aromatic N) is 1. The Morgan fingerprint density at radius 1 is 1.29 bits per heavy atom. The van der Waals surface area contributed by atoms with Gasteiger partial charge in [0.15, 0.2) is 0 Å². The molecule has 0 aliphatic carbocycles. The van der Waals surface area contributed by atoms with Crippen molar-refractivity contribution in [1.82, 2.24) is 0 Å². The number of anilines is 1. The summed E-state index contributed by atoms with van der Waals surface area (Å²) in [5.41, 5.74) is 14.5. The van der Waals surface area contributed by atoms with Gasteiger partial charge in [-0.2, -0.15) is 0 Å². The minimum absolute atomic E-state index is 0.791. The molecule has 4 N–H and O–H groups in total. The van der Waals surface area contributed by atoms with Gasteiger partial charge in [0.2, 0.25) is 0 Å². The number of thioether (sulfide) groups is 1. The Hall–Kier alpha value is -1.68. The summed E-state index contributed by atoms with van der Waals surface area (Å²) in [7, 11) is 0. The van der Waals surface area contributed by atoms with E-state index in [1.54, 1.807) is 11.8 Å². The lowest BCUT2D eigenvalue weighted by Crippen LogP contribution is -1.98. The van der Waals surface area contributed by atoms with Crippen molar-refractivity contribution in [2.24, 2.45) is 10.7 Å². The first-order valence-electron chi connectivity index (χ1n) is 5.41. The highest BCUT2D eigenvalue weighted by Crippen LogP contribution is 2.26. The van der Waals surface area contributed by atoms with Crippen molar-refractivity contribution < 1.29 is 0 Å². The van der Waals surface area contributed by atoms with Gasteiger partial charge in [-0.15, -0.1) is 11.8 Å². The molecule has 1 heterocycles. The number of allylic oxidation sites excluding steroid dienone is 1. The van der Waals surface area contributed by atoms with Crippen LogP contribution in [0.3, 0.4) is 0 Å². The van der Waals surface area contributed by atoms with Gasteiger partial charge in [-0.05, 0) is 17.7 Å². The molecule has 88 valence electrons. The van der Waals surface area contributed by atoms with E-state index in [4.69, 9.17) is 11.5 Å². The third kappa shape index (κ3) is 3.39. The number of nitrogens with two attached hydrogens (primary N) is 2. The van der Waals surface area contributed by atoms with Gasteiger partial charge in [-0.1, -0.05) is 18.2 Å². The quantitative estimate of drug-likeness (QED) is 0.805. The molecule has 4 heteroatoms. The smallest absolute Gasteiger partial charge is 0.0485 e. The second kappa shape index (κ2) is 5.59. The first kappa shape index (κ1) is 11.8. The van der Waals surface area contributed by atoms with Crippen LogP contribution in [0.5, 0.6) is 0 Å². The maximum absolute atomic E-state index is 5.94. The molecule has 0 amide bonds. The number of hydrogen-bond donors (Lipinski definition) is 2. The van der Waals surface area contributed by atoms with Gasteiger partial charge in [0.25, 0.3) is 0 Å². The van der Waals surface area contributed by atoms with Crippen molar-refractivity contribution in [2.45, 2.75) is 12.2 Å². The lowest BCUT2D eigenvalue weighted by atomic mass is 10.2. The van der Waals surface area contributed by atoms with E-state index in [0.717, 1.165) is 28.5 Å². The number of aliphatic imine (C=N–C) groups is 1. The largest absolute Gasteiger partial charge is 0.399 e. The fourth-order valence-corrected chi connectivity index (χ4v) is 2.39. The van der Waals surface area contributed by atoms with Crippen molar-refractivity contribution >= 4 is 23.7 Å². The zero-order chi connectivity index (χ0) is 12.1. The summed E-state index contributed by atoms with van der Waals surface area (Å²) in [5, 5.41) is 0. The van der Waals surface area contributed by atoms with Gasteiger partial charge >= 0.3 is 0 Å². The molecule has 0 fully saturated rings. The second-order valence-corrected chi connectivity index (χ2v) is 4.77. The SMILES string of the molecule is NC1=CCC=NC=C1SCc1cccc(N)c1. The molecule has 1 aliphatic heterocycles. The lowest BCUT2D eigenvalue weighted by Gasteiger charge is -2.06.